The van der Waals surface area contributed by atoms with Crippen molar-refractivity contribution in [3.63, 3.8) is 0 Å². The number of hydrogen-bond donors (Lipinski definition) is 1. The van der Waals surface area contributed by atoms with Crippen LogP contribution in [0, 0.1) is 0 Å². The van der Waals surface area contributed by atoms with Crippen molar-refractivity contribution in [3.05, 3.63) is 72.6 Å². The molecule has 0 unspecified atom stereocenters. The van der Waals surface area contributed by atoms with Crippen molar-refractivity contribution in [3.8, 4) is 11.4 Å². The third-order valence-electron chi connectivity index (χ3n) is 3.20. The van der Waals surface area contributed by atoms with Gasteiger partial charge in [0.25, 0.3) is 0 Å². The van der Waals surface area contributed by atoms with Crippen LogP contribution in [0.25, 0.3) is 11.4 Å². The molecule has 0 aliphatic heterocycles. The molecule has 4 heteroatoms. The lowest BCUT2D eigenvalue weighted by Gasteiger charge is -2.09. The molecule has 2 aromatic carbocycles. The summed E-state index contributed by atoms with van der Waals surface area (Å²) in [5, 5.41) is 0. The van der Waals surface area contributed by atoms with Gasteiger partial charge in [-0.25, -0.2) is 4.98 Å². The van der Waals surface area contributed by atoms with Crippen molar-refractivity contribution in [2.75, 3.05) is 5.73 Å². The van der Waals surface area contributed by atoms with E-state index in [9.17, 15) is 0 Å². The molecule has 0 saturated heterocycles. The molecule has 3 aromatic rings. The van der Waals surface area contributed by atoms with Crippen LogP contribution in [-0.2, 0) is 18.1 Å². The lowest BCUT2D eigenvalue weighted by Crippen LogP contribution is -2.04. The largest absolute Gasteiger partial charge is 0.399 e. The fourth-order valence-electron chi connectivity index (χ4n) is 2.19. The van der Waals surface area contributed by atoms with E-state index in [0.29, 0.717) is 13.3 Å². The van der Waals surface area contributed by atoms with Gasteiger partial charge < -0.3 is 15.0 Å². The highest BCUT2D eigenvalue weighted by Crippen LogP contribution is 2.19. The van der Waals surface area contributed by atoms with Gasteiger partial charge in [-0.05, 0) is 17.7 Å². The summed E-state index contributed by atoms with van der Waals surface area (Å²) in [6.45, 7) is 1.04. The maximum Gasteiger partial charge on any atom is 0.141 e. The Bertz CT molecular complexity index is 707. The van der Waals surface area contributed by atoms with Crippen LogP contribution in [0.2, 0.25) is 0 Å². The summed E-state index contributed by atoms with van der Waals surface area (Å²) in [5.74, 6) is 0.857. The first-order chi connectivity index (χ1) is 10.3. The zero-order valence-corrected chi connectivity index (χ0v) is 11.6. The van der Waals surface area contributed by atoms with Crippen LogP contribution in [0.1, 0.15) is 5.56 Å². The van der Waals surface area contributed by atoms with E-state index >= 15 is 0 Å². The fourth-order valence-corrected chi connectivity index (χ4v) is 2.19. The second-order valence-electron chi connectivity index (χ2n) is 4.81. The standard InChI is InChI=1S/C17H17N3O/c18-16-8-4-7-15(11-16)17-19-9-10-20(17)13-21-12-14-5-2-1-3-6-14/h1-11H,12-13,18H2. The highest BCUT2D eigenvalue weighted by Gasteiger charge is 2.06. The molecule has 2 N–H and O–H groups in total. The lowest BCUT2D eigenvalue weighted by molar-refractivity contribution is 0.0650. The SMILES string of the molecule is Nc1cccc(-c2nccn2COCc2ccccc2)c1. The molecule has 0 fully saturated rings. The molecule has 4 nitrogen and oxygen atoms in total. The Morgan fingerprint density at radius 2 is 1.90 bits per heavy atom. The minimum absolute atomic E-state index is 0.457. The van der Waals surface area contributed by atoms with Crippen molar-refractivity contribution < 1.29 is 4.74 Å². The number of nitrogen functional groups attached to an aromatic ring is 1. The number of nitrogens with two attached hydrogens (primary N) is 1. The van der Waals surface area contributed by atoms with Crippen LogP contribution in [0.3, 0.4) is 0 Å². The minimum Gasteiger partial charge on any atom is -0.399 e. The zero-order valence-electron chi connectivity index (χ0n) is 11.6. The van der Waals surface area contributed by atoms with E-state index in [0.717, 1.165) is 22.6 Å². The zero-order chi connectivity index (χ0) is 14.5. The number of aromatic nitrogens is 2. The Balaban J connectivity index is 1.69. The Morgan fingerprint density at radius 1 is 1.05 bits per heavy atom. The van der Waals surface area contributed by atoms with Crippen LogP contribution >= 0.6 is 0 Å². The van der Waals surface area contributed by atoms with Gasteiger partial charge in [-0.15, -0.1) is 0 Å². The van der Waals surface area contributed by atoms with Gasteiger partial charge in [0.15, 0.2) is 0 Å². The van der Waals surface area contributed by atoms with Gasteiger partial charge >= 0.3 is 0 Å². The maximum absolute atomic E-state index is 5.82. The average molecular weight is 279 g/mol. The average Bonchev–Trinajstić information content (AvgIpc) is 2.97. The second kappa shape index (κ2) is 6.24. The van der Waals surface area contributed by atoms with E-state index in [1.807, 2.05) is 65.4 Å². The molecule has 0 amide bonds. The summed E-state index contributed by atoms with van der Waals surface area (Å²) in [6.07, 6.45) is 3.67. The molecule has 1 aromatic heterocycles. The minimum atomic E-state index is 0.457. The van der Waals surface area contributed by atoms with Crippen molar-refractivity contribution in [1.82, 2.24) is 9.55 Å². The third-order valence-corrected chi connectivity index (χ3v) is 3.20. The summed E-state index contributed by atoms with van der Waals surface area (Å²) >= 11 is 0. The molecule has 0 bridgehead atoms. The predicted molar refractivity (Wildman–Crippen MR) is 83.3 cm³/mol. The van der Waals surface area contributed by atoms with Crippen LogP contribution < -0.4 is 5.73 Å². The Kier molecular flexibility index (Phi) is 3.98. The Hall–Kier alpha value is -2.59. The number of anilines is 1. The Labute approximate surface area is 123 Å². The first kappa shape index (κ1) is 13.4. The van der Waals surface area contributed by atoms with Gasteiger partial charge in [-0.3, -0.25) is 0 Å². The molecule has 0 aliphatic rings. The molecular weight excluding hydrogens is 262 g/mol. The quantitative estimate of drug-likeness (QED) is 0.729. The summed E-state index contributed by atoms with van der Waals surface area (Å²) in [6, 6.07) is 17.8. The van der Waals surface area contributed by atoms with Gasteiger partial charge in [-0.2, -0.15) is 0 Å². The normalized spacial score (nSPS) is 10.7. The van der Waals surface area contributed by atoms with Crippen molar-refractivity contribution in [2.45, 2.75) is 13.3 Å². The highest BCUT2D eigenvalue weighted by molar-refractivity contribution is 5.61. The van der Waals surface area contributed by atoms with Crippen LogP contribution in [0.4, 0.5) is 5.69 Å². The number of hydrogen-bond acceptors (Lipinski definition) is 3. The third kappa shape index (κ3) is 3.30. The van der Waals surface area contributed by atoms with E-state index in [2.05, 4.69) is 4.98 Å². The maximum atomic E-state index is 5.82. The van der Waals surface area contributed by atoms with Gasteiger partial charge in [0.05, 0.1) is 6.61 Å². The molecule has 0 radical (unpaired) electrons. The number of nitrogens with zero attached hydrogens (tertiary/aromatic N) is 2. The van der Waals surface area contributed by atoms with Gasteiger partial charge in [0, 0.05) is 23.6 Å². The van der Waals surface area contributed by atoms with E-state index in [-0.39, 0.29) is 0 Å². The van der Waals surface area contributed by atoms with E-state index in [1.165, 1.54) is 0 Å². The molecule has 21 heavy (non-hydrogen) atoms. The molecule has 0 saturated carbocycles. The first-order valence-corrected chi connectivity index (χ1v) is 6.81. The summed E-state index contributed by atoms with van der Waals surface area (Å²) in [5.41, 5.74) is 8.70. The predicted octanol–water partition coefficient (Wildman–Crippen LogP) is 3.31. The summed E-state index contributed by atoms with van der Waals surface area (Å²) in [7, 11) is 0. The lowest BCUT2D eigenvalue weighted by atomic mass is 10.2. The second-order valence-corrected chi connectivity index (χ2v) is 4.81. The molecule has 0 spiro atoms. The number of rotatable bonds is 5. The smallest absolute Gasteiger partial charge is 0.141 e. The fraction of sp³-hybridized carbons (Fsp3) is 0.118. The van der Waals surface area contributed by atoms with Crippen LogP contribution in [0.15, 0.2) is 67.0 Å². The number of ether oxygens (including phenoxy) is 1. The van der Waals surface area contributed by atoms with E-state index < -0.39 is 0 Å². The first-order valence-electron chi connectivity index (χ1n) is 6.81. The van der Waals surface area contributed by atoms with E-state index in [4.69, 9.17) is 10.5 Å². The van der Waals surface area contributed by atoms with Crippen molar-refractivity contribution in [1.29, 1.82) is 0 Å². The van der Waals surface area contributed by atoms with E-state index in [1.54, 1.807) is 6.20 Å². The van der Waals surface area contributed by atoms with Crippen LogP contribution in [-0.4, -0.2) is 9.55 Å². The molecule has 106 valence electrons. The number of benzene rings is 2. The van der Waals surface area contributed by atoms with Gasteiger partial charge in [0.2, 0.25) is 0 Å². The monoisotopic (exact) mass is 279 g/mol. The molecular formula is C17H17N3O. The van der Waals surface area contributed by atoms with Crippen molar-refractivity contribution in [2.24, 2.45) is 0 Å². The summed E-state index contributed by atoms with van der Waals surface area (Å²) < 4.78 is 7.72. The highest BCUT2D eigenvalue weighted by atomic mass is 16.5. The Morgan fingerprint density at radius 3 is 2.71 bits per heavy atom. The molecule has 1 heterocycles. The number of imidazole rings is 1. The summed E-state index contributed by atoms with van der Waals surface area (Å²) in [4.78, 5) is 4.38. The molecule has 0 atom stereocenters. The van der Waals surface area contributed by atoms with Gasteiger partial charge in [-0.1, -0.05) is 42.5 Å². The van der Waals surface area contributed by atoms with Crippen molar-refractivity contribution >= 4 is 5.69 Å². The van der Waals surface area contributed by atoms with Gasteiger partial charge in [0.1, 0.15) is 12.6 Å². The molecule has 0 aliphatic carbocycles. The molecule has 3 rings (SSSR count). The topological polar surface area (TPSA) is 53.1 Å². The van der Waals surface area contributed by atoms with Crippen LogP contribution in [0.5, 0.6) is 0 Å².